The van der Waals surface area contributed by atoms with Crippen molar-refractivity contribution in [3.63, 3.8) is 0 Å². The first-order valence-electron chi connectivity index (χ1n) is 6.90. The van der Waals surface area contributed by atoms with Gasteiger partial charge in [0.2, 0.25) is 0 Å². The van der Waals surface area contributed by atoms with E-state index < -0.39 is 0 Å². The highest BCUT2D eigenvalue weighted by atomic mass is 16.5. The number of aromatic amines is 1. The number of ether oxygens (including phenoxy) is 1. The summed E-state index contributed by atoms with van der Waals surface area (Å²) >= 11 is 0. The van der Waals surface area contributed by atoms with Crippen LogP contribution >= 0.6 is 0 Å². The monoisotopic (exact) mass is 287 g/mol. The quantitative estimate of drug-likeness (QED) is 0.848. The van der Waals surface area contributed by atoms with E-state index in [2.05, 4.69) is 10.2 Å². The maximum Gasteiger partial charge on any atom is 0.310 e. The van der Waals surface area contributed by atoms with Gasteiger partial charge in [0.05, 0.1) is 24.7 Å². The second-order valence-corrected chi connectivity index (χ2v) is 5.49. The second kappa shape index (κ2) is 5.20. The summed E-state index contributed by atoms with van der Waals surface area (Å²) < 4.78 is 4.80. The number of benzene rings is 1. The molecule has 0 bridgehead atoms. The summed E-state index contributed by atoms with van der Waals surface area (Å²) in [6.45, 7) is 2.94. The molecule has 6 nitrogen and oxygen atoms in total. The second-order valence-electron chi connectivity index (χ2n) is 5.49. The lowest BCUT2D eigenvalue weighted by Gasteiger charge is -2.16. The Morgan fingerprint density at radius 2 is 2.19 bits per heavy atom. The van der Waals surface area contributed by atoms with Gasteiger partial charge in [-0.05, 0) is 18.1 Å². The molecular weight excluding hydrogens is 270 g/mol. The van der Waals surface area contributed by atoms with Gasteiger partial charge in [-0.15, -0.1) is 0 Å². The molecule has 1 aromatic heterocycles. The summed E-state index contributed by atoms with van der Waals surface area (Å²) in [5, 5.41) is 7.77. The Morgan fingerprint density at radius 3 is 2.95 bits per heavy atom. The fraction of sp³-hybridized carbons (Fsp3) is 0.400. The predicted molar refractivity (Wildman–Crippen MR) is 76.7 cm³/mol. The van der Waals surface area contributed by atoms with Crippen LogP contribution in [0.15, 0.2) is 24.4 Å². The van der Waals surface area contributed by atoms with Gasteiger partial charge in [-0.3, -0.25) is 14.7 Å². The summed E-state index contributed by atoms with van der Waals surface area (Å²) in [6.07, 6.45) is 1.72. The molecule has 0 aliphatic carbocycles. The molecule has 1 saturated heterocycles. The smallest absolute Gasteiger partial charge is 0.310 e. The Morgan fingerprint density at radius 1 is 1.38 bits per heavy atom. The Hall–Kier alpha value is -2.37. The minimum atomic E-state index is -0.248. The lowest BCUT2D eigenvalue weighted by atomic mass is 9.99. The van der Waals surface area contributed by atoms with Gasteiger partial charge in [-0.25, -0.2) is 0 Å². The fourth-order valence-electron chi connectivity index (χ4n) is 2.84. The van der Waals surface area contributed by atoms with E-state index in [-0.39, 0.29) is 23.7 Å². The van der Waals surface area contributed by atoms with Crippen molar-refractivity contribution in [2.45, 2.75) is 6.92 Å². The largest absolute Gasteiger partial charge is 0.469 e. The molecule has 2 aromatic rings. The topological polar surface area (TPSA) is 75.3 Å². The van der Waals surface area contributed by atoms with Crippen molar-refractivity contribution < 1.29 is 14.3 Å². The Bertz CT molecular complexity index is 694. The molecule has 6 heteroatoms. The van der Waals surface area contributed by atoms with Crippen LogP contribution in [-0.2, 0) is 9.53 Å². The maximum atomic E-state index is 12.6. The van der Waals surface area contributed by atoms with Crippen molar-refractivity contribution in [3.8, 4) is 0 Å². The van der Waals surface area contributed by atoms with Gasteiger partial charge in [0, 0.05) is 24.0 Å². The molecule has 0 radical (unpaired) electrons. The zero-order valence-electron chi connectivity index (χ0n) is 12.0. The lowest BCUT2D eigenvalue weighted by molar-refractivity contribution is -0.146. The number of carbonyl (C=O) groups excluding carboxylic acids is 2. The van der Waals surface area contributed by atoms with E-state index in [0.29, 0.717) is 18.7 Å². The number of hydrogen-bond donors (Lipinski definition) is 1. The zero-order valence-corrected chi connectivity index (χ0v) is 12.0. The molecule has 1 aromatic carbocycles. The molecule has 1 amide bonds. The highest BCUT2D eigenvalue weighted by Crippen LogP contribution is 2.26. The van der Waals surface area contributed by atoms with Gasteiger partial charge in [0.1, 0.15) is 0 Å². The Balaban J connectivity index is 1.80. The number of aromatic nitrogens is 2. The van der Waals surface area contributed by atoms with Crippen LogP contribution in [0.1, 0.15) is 17.3 Å². The molecule has 2 atom stereocenters. The predicted octanol–water partition coefficient (Wildman–Crippen LogP) is 1.44. The average molecular weight is 287 g/mol. The number of carbonyl (C=O) groups is 2. The molecule has 1 fully saturated rings. The van der Waals surface area contributed by atoms with Crippen LogP contribution in [-0.4, -0.2) is 47.2 Å². The molecule has 3 rings (SSSR count). The Kier molecular flexibility index (Phi) is 3.37. The number of amides is 1. The molecule has 1 aliphatic rings. The number of hydrogen-bond acceptors (Lipinski definition) is 4. The van der Waals surface area contributed by atoms with E-state index in [9.17, 15) is 9.59 Å². The molecule has 0 saturated carbocycles. The molecule has 21 heavy (non-hydrogen) atoms. The molecule has 2 heterocycles. The number of rotatable bonds is 2. The maximum absolute atomic E-state index is 12.6. The van der Waals surface area contributed by atoms with Gasteiger partial charge in [-0.2, -0.15) is 5.10 Å². The average Bonchev–Trinajstić information content (AvgIpc) is 3.11. The van der Waals surface area contributed by atoms with Gasteiger partial charge in [-0.1, -0.05) is 13.0 Å². The van der Waals surface area contributed by atoms with Crippen molar-refractivity contribution in [2.24, 2.45) is 11.8 Å². The highest BCUT2D eigenvalue weighted by molar-refractivity contribution is 5.98. The zero-order chi connectivity index (χ0) is 15.0. The first-order chi connectivity index (χ1) is 10.1. The fourth-order valence-corrected chi connectivity index (χ4v) is 2.84. The van der Waals surface area contributed by atoms with Crippen molar-refractivity contribution in [3.05, 3.63) is 30.0 Å². The minimum Gasteiger partial charge on any atom is -0.469 e. The van der Waals surface area contributed by atoms with Crippen LogP contribution in [0.25, 0.3) is 10.9 Å². The normalized spacial score (nSPS) is 21.7. The third-order valence-corrected chi connectivity index (χ3v) is 4.09. The molecule has 1 N–H and O–H groups in total. The van der Waals surface area contributed by atoms with Crippen LogP contribution < -0.4 is 0 Å². The van der Waals surface area contributed by atoms with E-state index in [0.717, 1.165) is 10.9 Å². The molecule has 0 spiro atoms. The number of esters is 1. The van der Waals surface area contributed by atoms with Crippen LogP contribution in [0.2, 0.25) is 0 Å². The van der Waals surface area contributed by atoms with Gasteiger partial charge < -0.3 is 9.64 Å². The minimum absolute atomic E-state index is 0.0650. The lowest BCUT2D eigenvalue weighted by Crippen LogP contribution is -2.30. The van der Waals surface area contributed by atoms with E-state index in [4.69, 9.17) is 4.74 Å². The number of methoxy groups -OCH3 is 1. The standard InChI is InChI=1S/C15H17N3O3/c1-9-7-18(8-12(9)15(20)21-2)14(19)10-3-4-11-6-16-17-13(11)5-10/h3-6,9,12H,7-8H2,1-2H3,(H,16,17). The number of H-pyrrole nitrogens is 1. The van der Waals surface area contributed by atoms with E-state index >= 15 is 0 Å². The van der Waals surface area contributed by atoms with Crippen molar-refractivity contribution in [2.75, 3.05) is 20.2 Å². The van der Waals surface area contributed by atoms with Crippen LogP contribution in [0, 0.1) is 11.8 Å². The van der Waals surface area contributed by atoms with Gasteiger partial charge in [0.25, 0.3) is 5.91 Å². The SMILES string of the molecule is COC(=O)C1CN(C(=O)c2ccc3cn[nH]c3c2)CC1C. The van der Waals surface area contributed by atoms with Crippen molar-refractivity contribution in [1.82, 2.24) is 15.1 Å². The van der Waals surface area contributed by atoms with E-state index in [1.54, 1.807) is 23.2 Å². The summed E-state index contributed by atoms with van der Waals surface area (Å²) in [7, 11) is 1.38. The first kappa shape index (κ1) is 13.6. The van der Waals surface area contributed by atoms with Crippen molar-refractivity contribution >= 4 is 22.8 Å². The van der Waals surface area contributed by atoms with E-state index in [1.807, 2.05) is 13.0 Å². The molecule has 2 unspecified atom stereocenters. The Labute approximate surface area is 122 Å². The van der Waals surface area contributed by atoms with Crippen LogP contribution in [0.5, 0.6) is 0 Å². The number of likely N-dealkylation sites (tertiary alicyclic amines) is 1. The van der Waals surface area contributed by atoms with E-state index in [1.165, 1.54) is 7.11 Å². The summed E-state index contributed by atoms with van der Waals surface area (Å²) in [4.78, 5) is 26.0. The summed E-state index contributed by atoms with van der Waals surface area (Å²) in [5.41, 5.74) is 1.43. The summed E-state index contributed by atoms with van der Waals surface area (Å²) in [5.74, 6) is -0.446. The van der Waals surface area contributed by atoms with Crippen LogP contribution in [0.3, 0.4) is 0 Å². The molecular formula is C15H17N3O3. The third-order valence-electron chi connectivity index (χ3n) is 4.09. The first-order valence-corrected chi connectivity index (χ1v) is 6.90. The van der Waals surface area contributed by atoms with Crippen molar-refractivity contribution in [1.29, 1.82) is 0 Å². The number of fused-ring (bicyclic) bond motifs is 1. The number of nitrogens with zero attached hydrogens (tertiary/aromatic N) is 2. The molecule has 1 aliphatic heterocycles. The highest BCUT2D eigenvalue weighted by Gasteiger charge is 2.37. The number of nitrogens with one attached hydrogen (secondary N) is 1. The third kappa shape index (κ3) is 2.37. The van der Waals surface area contributed by atoms with Crippen LogP contribution in [0.4, 0.5) is 0 Å². The van der Waals surface area contributed by atoms with Gasteiger partial charge in [0.15, 0.2) is 0 Å². The molecule has 110 valence electrons. The van der Waals surface area contributed by atoms with Gasteiger partial charge >= 0.3 is 5.97 Å². The summed E-state index contributed by atoms with van der Waals surface area (Å²) in [6, 6.07) is 5.44.